The van der Waals surface area contributed by atoms with Crippen LogP contribution in [0.2, 0.25) is 0 Å². The molecular formula is C26H24N2O12. The van der Waals surface area contributed by atoms with Gasteiger partial charge in [0, 0.05) is 35.4 Å². The van der Waals surface area contributed by atoms with Crippen molar-refractivity contribution >= 4 is 35.3 Å². The van der Waals surface area contributed by atoms with Crippen LogP contribution >= 0.6 is 0 Å². The second-order valence-corrected chi connectivity index (χ2v) is 8.08. The Labute approximate surface area is 227 Å². The second-order valence-electron chi connectivity index (χ2n) is 8.08. The van der Waals surface area contributed by atoms with Gasteiger partial charge in [-0.2, -0.15) is 0 Å². The summed E-state index contributed by atoms with van der Waals surface area (Å²) in [5, 5.41) is 22.7. The fraction of sp³-hybridized carbons (Fsp3) is 0.231. The van der Waals surface area contributed by atoms with E-state index >= 15 is 0 Å². The molecule has 0 aliphatic rings. The Morgan fingerprint density at radius 1 is 0.650 bits per heavy atom. The zero-order chi connectivity index (χ0) is 30.0. The van der Waals surface area contributed by atoms with Crippen LogP contribution in [0.15, 0.2) is 60.7 Å². The van der Waals surface area contributed by atoms with Crippen molar-refractivity contribution in [2.45, 2.75) is 13.8 Å². The number of carbonyl (C=O) groups excluding carboxylic acids is 4. The molecule has 0 heterocycles. The Hall–Kier alpha value is -5.40. The van der Waals surface area contributed by atoms with E-state index in [0.29, 0.717) is 0 Å². The molecule has 0 unspecified atom stereocenters. The summed E-state index contributed by atoms with van der Waals surface area (Å²) in [6.45, 7) is 8.21. The molecule has 14 heteroatoms. The molecule has 0 atom stereocenters. The first-order valence-electron chi connectivity index (χ1n) is 11.4. The molecule has 0 aromatic heterocycles. The molecule has 0 amide bonds. The largest absolute Gasteiger partial charge is 0.459 e. The quantitative estimate of drug-likeness (QED) is 0.0868. The van der Waals surface area contributed by atoms with Gasteiger partial charge in [0.2, 0.25) is 0 Å². The number of carbonyl (C=O) groups is 4. The minimum atomic E-state index is -1.06. The molecule has 40 heavy (non-hydrogen) atoms. The predicted molar refractivity (Wildman–Crippen MR) is 137 cm³/mol. The highest BCUT2D eigenvalue weighted by molar-refractivity contribution is 6.04. The van der Waals surface area contributed by atoms with Crippen LogP contribution in [0.1, 0.15) is 34.6 Å². The van der Waals surface area contributed by atoms with E-state index in [9.17, 15) is 39.4 Å². The summed E-state index contributed by atoms with van der Waals surface area (Å²) in [6.07, 6.45) is 0. The molecule has 0 radical (unpaired) electrons. The van der Waals surface area contributed by atoms with Crippen molar-refractivity contribution in [1.82, 2.24) is 0 Å². The Bertz CT molecular complexity index is 1290. The van der Waals surface area contributed by atoms with Gasteiger partial charge in [-0.15, -0.1) is 0 Å². The van der Waals surface area contributed by atoms with E-state index in [1.807, 2.05) is 0 Å². The zero-order valence-corrected chi connectivity index (χ0v) is 21.5. The summed E-state index contributed by atoms with van der Waals surface area (Å²) in [5.41, 5.74) is -1.48. The minimum absolute atomic E-state index is 0.0370. The van der Waals surface area contributed by atoms with Crippen LogP contribution in [0.3, 0.4) is 0 Å². The van der Waals surface area contributed by atoms with Crippen LogP contribution in [0, 0.1) is 20.2 Å². The number of non-ortho nitro benzene ring substituents is 2. The van der Waals surface area contributed by atoms with Crippen LogP contribution in [-0.2, 0) is 28.5 Å². The highest BCUT2D eigenvalue weighted by Crippen LogP contribution is 2.33. The number of nitro benzene ring substituents is 2. The van der Waals surface area contributed by atoms with Crippen LogP contribution in [-0.4, -0.2) is 60.2 Å². The smallest absolute Gasteiger partial charge is 0.339 e. The van der Waals surface area contributed by atoms with Gasteiger partial charge in [-0.05, 0) is 37.1 Å². The molecule has 0 fully saturated rings. The van der Waals surface area contributed by atoms with Gasteiger partial charge in [0.1, 0.15) is 26.4 Å². The fourth-order valence-electron chi connectivity index (χ4n) is 3.04. The molecule has 14 nitrogen and oxygen atoms in total. The number of hydrogen-bond donors (Lipinski definition) is 0. The Balaban J connectivity index is 2.42. The number of nitro groups is 2. The van der Waals surface area contributed by atoms with Gasteiger partial charge < -0.3 is 18.9 Å². The van der Waals surface area contributed by atoms with E-state index in [2.05, 4.69) is 13.2 Å². The van der Waals surface area contributed by atoms with Crippen molar-refractivity contribution in [3.05, 3.63) is 92.1 Å². The van der Waals surface area contributed by atoms with Gasteiger partial charge in [-0.3, -0.25) is 20.2 Å². The lowest BCUT2D eigenvalue weighted by molar-refractivity contribution is -0.385. The molecule has 210 valence electrons. The fourth-order valence-corrected chi connectivity index (χ4v) is 3.04. The van der Waals surface area contributed by atoms with Crippen molar-refractivity contribution in [3.8, 4) is 11.1 Å². The summed E-state index contributed by atoms with van der Waals surface area (Å²) in [5.74, 6) is -3.55. The molecule has 2 rings (SSSR count). The lowest BCUT2D eigenvalue weighted by Gasteiger charge is -2.14. The summed E-state index contributed by atoms with van der Waals surface area (Å²) >= 11 is 0. The van der Waals surface area contributed by atoms with Crippen molar-refractivity contribution in [2.75, 3.05) is 26.4 Å². The molecular weight excluding hydrogens is 532 g/mol. The summed E-state index contributed by atoms with van der Waals surface area (Å²) < 4.78 is 19.9. The molecule has 0 spiro atoms. The van der Waals surface area contributed by atoms with E-state index in [0.717, 1.165) is 24.3 Å². The van der Waals surface area contributed by atoms with Crippen molar-refractivity contribution in [3.63, 3.8) is 0 Å². The first-order chi connectivity index (χ1) is 18.8. The lowest BCUT2D eigenvalue weighted by atomic mass is 9.94. The van der Waals surface area contributed by atoms with Gasteiger partial charge in [-0.1, -0.05) is 13.2 Å². The Morgan fingerprint density at radius 2 is 0.975 bits per heavy atom. The average molecular weight is 556 g/mol. The molecule has 0 N–H and O–H groups in total. The van der Waals surface area contributed by atoms with Crippen LogP contribution in [0.4, 0.5) is 11.4 Å². The number of benzene rings is 2. The highest BCUT2D eigenvalue weighted by atomic mass is 16.6. The Morgan fingerprint density at radius 3 is 1.27 bits per heavy atom. The van der Waals surface area contributed by atoms with E-state index < -0.39 is 58.3 Å². The number of ether oxygens (including phenoxy) is 4. The van der Waals surface area contributed by atoms with Crippen molar-refractivity contribution < 1.29 is 48.0 Å². The van der Waals surface area contributed by atoms with Crippen LogP contribution < -0.4 is 0 Å². The van der Waals surface area contributed by atoms with Gasteiger partial charge >= 0.3 is 23.9 Å². The topological polar surface area (TPSA) is 191 Å². The van der Waals surface area contributed by atoms with Crippen molar-refractivity contribution in [2.24, 2.45) is 0 Å². The van der Waals surface area contributed by atoms with E-state index in [1.165, 1.54) is 26.0 Å². The molecule has 2 aromatic carbocycles. The van der Waals surface area contributed by atoms with Crippen LogP contribution in [0.25, 0.3) is 11.1 Å². The number of nitrogens with zero attached hydrogens (tertiary/aromatic N) is 2. The summed E-state index contributed by atoms with van der Waals surface area (Å²) in [4.78, 5) is 70.0. The van der Waals surface area contributed by atoms with Gasteiger partial charge in [-0.25, -0.2) is 19.2 Å². The van der Waals surface area contributed by atoms with Gasteiger partial charge in [0.05, 0.1) is 21.0 Å². The summed E-state index contributed by atoms with van der Waals surface area (Å²) in [6, 6.07) is 6.28. The normalized spacial score (nSPS) is 10.2. The molecule has 0 saturated carbocycles. The molecule has 0 aliphatic carbocycles. The Kier molecular flexibility index (Phi) is 10.7. The molecule has 2 aromatic rings. The third-order valence-electron chi connectivity index (χ3n) is 4.95. The van der Waals surface area contributed by atoms with E-state index in [1.54, 1.807) is 0 Å². The molecule has 0 aliphatic heterocycles. The zero-order valence-electron chi connectivity index (χ0n) is 21.5. The molecule has 0 bridgehead atoms. The van der Waals surface area contributed by atoms with Gasteiger partial charge in [0.25, 0.3) is 11.4 Å². The SMILES string of the molecule is C=C(C)C(=O)OCCOC(=O)c1cc([N+](=O)[O-])ccc1-c1ccc([N+](=O)[O-])cc1C(=O)OCCOC(=O)C(=C)C. The van der Waals surface area contributed by atoms with E-state index in [-0.39, 0.29) is 46.6 Å². The van der Waals surface area contributed by atoms with Gasteiger partial charge in [0.15, 0.2) is 0 Å². The number of esters is 4. The standard InChI is InChI=1S/C26H24N2O12/c1-15(2)23(29)37-9-11-39-25(31)21-13-17(27(33)34)5-7-19(21)20-8-6-18(28(35)36)14-22(20)26(32)40-12-10-38-24(30)16(3)4/h5-8,13-14H,1,3,9-12H2,2,4H3. The second kappa shape index (κ2) is 13.9. The first kappa shape index (κ1) is 30.8. The lowest BCUT2D eigenvalue weighted by Crippen LogP contribution is -2.16. The number of hydrogen-bond acceptors (Lipinski definition) is 12. The predicted octanol–water partition coefficient (Wildman–Crippen LogP) is 3.72. The average Bonchev–Trinajstić information content (AvgIpc) is 2.91. The first-order valence-corrected chi connectivity index (χ1v) is 11.4. The number of rotatable bonds is 13. The monoisotopic (exact) mass is 556 g/mol. The minimum Gasteiger partial charge on any atom is -0.459 e. The molecule has 0 saturated heterocycles. The third kappa shape index (κ3) is 8.31. The summed E-state index contributed by atoms with van der Waals surface area (Å²) in [7, 11) is 0. The van der Waals surface area contributed by atoms with E-state index in [4.69, 9.17) is 18.9 Å². The maximum atomic E-state index is 12.9. The van der Waals surface area contributed by atoms with Crippen molar-refractivity contribution in [1.29, 1.82) is 0 Å². The highest BCUT2D eigenvalue weighted by Gasteiger charge is 2.25. The third-order valence-corrected chi connectivity index (χ3v) is 4.95. The maximum absolute atomic E-state index is 12.9. The van der Waals surface area contributed by atoms with Crippen LogP contribution in [0.5, 0.6) is 0 Å². The maximum Gasteiger partial charge on any atom is 0.339 e.